The maximum atomic E-state index is 13.0. The molecule has 0 unspecified atom stereocenters. The molecule has 0 saturated heterocycles. The molecule has 3 rings (SSSR count). The predicted molar refractivity (Wildman–Crippen MR) is 57.3 cm³/mol. The molecule has 1 heterocycles. The Balaban J connectivity index is 2.23. The number of fused-ring (bicyclic) bond motifs is 1. The molecule has 1 aromatic carbocycles. The van der Waals surface area contributed by atoms with Crippen LogP contribution in [0.4, 0.5) is 4.39 Å². The summed E-state index contributed by atoms with van der Waals surface area (Å²) in [6.45, 7) is 2.00. The lowest BCUT2D eigenvalue weighted by atomic mass is 9.92. The number of hydrogen-bond donors (Lipinski definition) is 0. The van der Waals surface area contributed by atoms with Crippen molar-refractivity contribution in [1.82, 2.24) is 9.55 Å². The van der Waals surface area contributed by atoms with Crippen molar-refractivity contribution in [2.24, 2.45) is 0 Å². The van der Waals surface area contributed by atoms with Gasteiger partial charge in [-0.15, -0.1) is 0 Å². The number of halogens is 1. The van der Waals surface area contributed by atoms with E-state index in [-0.39, 0.29) is 5.82 Å². The molecular weight excluding hydrogens is 191 g/mol. The highest BCUT2D eigenvalue weighted by Crippen LogP contribution is 2.35. The molecule has 1 aliphatic rings. The van der Waals surface area contributed by atoms with Crippen LogP contribution in [-0.2, 0) is 0 Å². The minimum absolute atomic E-state index is 0.208. The predicted octanol–water partition coefficient (Wildman–Crippen LogP) is 3.21. The highest BCUT2D eigenvalue weighted by Gasteiger charge is 2.22. The number of aryl methyl sites for hydroxylation is 1. The first kappa shape index (κ1) is 8.89. The summed E-state index contributed by atoms with van der Waals surface area (Å²) in [6.07, 6.45) is 3.75. The number of hydrogen-bond acceptors (Lipinski definition) is 1. The number of nitrogens with zero attached hydrogens (tertiary/aromatic N) is 2. The fourth-order valence-corrected chi connectivity index (χ4v) is 2.30. The van der Waals surface area contributed by atoms with Gasteiger partial charge in [-0.3, -0.25) is 0 Å². The van der Waals surface area contributed by atoms with Crippen LogP contribution in [0.2, 0.25) is 0 Å². The van der Waals surface area contributed by atoms with Crippen LogP contribution in [0.1, 0.15) is 31.1 Å². The van der Waals surface area contributed by atoms with Crippen LogP contribution in [0.5, 0.6) is 0 Å². The van der Waals surface area contributed by atoms with Crippen molar-refractivity contribution in [3.8, 4) is 0 Å². The smallest absolute Gasteiger partial charge is 0.125 e. The van der Waals surface area contributed by atoms with Gasteiger partial charge in [0.15, 0.2) is 0 Å². The maximum absolute atomic E-state index is 13.0. The lowest BCUT2D eigenvalue weighted by Crippen LogP contribution is -2.17. The zero-order valence-corrected chi connectivity index (χ0v) is 8.70. The number of aromatic nitrogens is 2. The van der Waals surface area contributed by atoms with Gasteiger partial charge in [0.2, 0.25) is 0 Å². The summed E-state index contributed by atoms with van der Waals surface area (Å²) >= 11 is 0. The highest BCUT2D eigenvalue weighted by molar-refractivity contribution is 5.76. The first-order valence-electron chi connectivity index (χ1n) is 5.40. The van der Waals surface area contributed by atoms with Crippen molar-refractivity contribution in [1.29, 1.82) is 0 Å². The lowest BCUT2D eigenvalue weighted by molar-refractivity contribution is 0.316. The van der Waals surface area contributed by atoms with E-state index in [0.29, 0.717) is 6.04 Å². The first-order chi connectivity index (χ1) is 7.25. The van der Waals surface area contributed by atoms with E-state index in [4.69, 9.17) is 0 Å². The van der Waals surface area contributed by atoms with Gasteiger partial charge >= 0.3 is 0 Å². The quantitative estimate of drug-likeness (QED) is 0.697. The summed E-state index contributed by atoms with van der Waals surface area (Å²) < 4.78 is 15.3. The van der Waals surface area contributed by atoms with Crippen LogP contribution in [-0.4, -0.2) is 9.55 Å². The van der Waals surface area contributed by atoms with Gasteiger partial charge < -0.3 is 4.57 Å². The molecule has 78 valence electrons. The molecule has 0 spiro atoms. The molecular formula is C12H13FN2. The van der Waals surface area contributed by atoms with E-state index in [1.807, 2.05) is 13.0 Å². The Morgan fingerprint density at radius 3 is 2.87 bits per heavy atom. The molecule has 2 aromatic rings. The Labute approximate surface area is 87.7 Å². The molecule has 1 saturated carbocycles. The monoisotopic (exact) mass is 204 g/mol. The Morgan fingerprint density at radius 1 is 1.40 bits per heavy atom. The minimum Gasteiger partial charge on any atom is -0.325 e. The average molecular weight is 204 g/mol. The first-order valence-corrected chi connectivity index (χ1v) is 5.40. The molecule has 15 heavy (non-hydrogen) atoms. The van der Waals surface area contributed by atoms with E-state index < -0.39 is 0 Å². The van der Waals surface area contributed by atoms with Gasteiger partial charge in [0, 0.05) is 12.1 Å². The molecule has 2 nitrogen and oxygen atoms in total. The van der Waals surface area contributed by atoms with E-state index in [0.717, 1.165) is 16.9 Å². The molecule has 0 aliphatic heterocycles. The van der Waals surface area contributed by atoms with Crippen LogP contribution in [0.25, 0.3) is 11.0 Å². The molecule has 1 aliphatic carbocycles. The topological polar surface area (TPSA) is 17.8 Å². The van der Waals surface area contributed by atoms with Crippen LogP contribution in [0.15, 0.2) is 18.2 Å². The average Bonchev–Trinajstić information content (AvgIpc) is 2.40. The second-order valence-electron chi connectivity index (χ2n) is 4.25. The van der Waals surface area contributed by atoms with Gasteiger partial charge in [-0.1, -0.05) is 0 Å². The molecule has 0 bridgehead atoms. The zero-order chi connectivity index (χ0) is 10.4. The summed E-state index contributed by atoms with van der Waals surface area (Å²) in [6, 6.07) is 5.44. The van der Waals surface area contributed by atoms with Crippen molar-refractivity contribution in [2.45, 2.75) is 32.2 Å². The van der Waals surface area contributed by atoms with Gasteiger partial charge in [-0.2, -0.15) is 0 Å². The third-order valence-corrected chi connectivity index (χ3v) is 3.27. The largest absolute Gasteiger partial charge is 0.325 e. The molecule has 0 atom stereocenters. The molecule has 3 heteroatoms. The van der Waals surface area contributed by atoms with Crippen LogP contribution in [0, 0.1) is 12.7 Å². The van der Waals surface area contributed by atoms with E-state index in [9.17, 15) is 4.39 Å². The van der Waals surface area contributed by atoms with E-state index >= 15 is 0 Å². The summed E-state index contributed by atoms with van der Waals surface area (Å²) in [5.41, 5.74) is 1.85. The number of benzene rings is 1. The fourth-order valence-electron chi connectivity index (χ4n) is 2.30. The van der Waals surface area contributed by atoms with Gasteiger partial charge in [0.05, 0.1) is 11.0 Å². The summed E-state index contributed by atoms with van der Waals surface area (Å²) in [7, 11) is 0. The molecule has 1 fully saturated rings. The lowest BCUT2D eigenvalue weighted by Gasteiger charge is -2.28. The summed E-state index contributed by atoms with van der Waals surface area (Å²) in [5.74, 6) is 0.793. The van der Waals surface area contributed by atoms with E-state index in [2.05, 4.69) is 9.55 Å². The molecule has 0 amide bonds. The Kier molecular flexibility index (Phi) is 1.81. The molecule has 0 N–H and O–H groups in total. The van der Waals surface area contributed by atoms with Crippen molar-refractivity contribution < 1.29 is 4.39 Å². The SMILES string of the molecule is Cc1nc2cc(F)ccc2n1C1CCC1. The van der Waals surface area contributed by atoms with Crippen molar-refractivity contribution in [2.75, 3.05) is 0 Å². The number of imidazole rings is 1. The third kappa shape index (κ3) is 1.26. The maximum Gasteiger partial charge on any atom is 0.125 e. The van der Waals surface area contributed by atoms with Crippen LogP contribution < -0.4 is 0 Å². The molecule has 1 aromatic heterocycles. The molecule has 0 radical (unpaired) electrons. The van der Waals surface area contributed by atoms with E-state index in [1.165, 1.54) is 31.4 Å². The second kappa shape index (κ2) is 3.05. The highest BCUT2D eigenvalue weighted by atomic mass is 19.1. The number of rotatable bonds is 1. The Hall–Kier alpha value is -1.38. The van der Waals surface area contributed by atoms with E-state index in [1.54, 1.807) is 0 Å². The minimum atomic E-state index is -0.208. The Morgan fingerprint density at radius 2 is 2.20 bits per heavy atom. The van der Waals surface area contributed by atoms with Crippen molar-refractivity contribution >= 4 is 11.0 Å². The van der Waals surface area contributed by atoms with Crippen molar-refractivity contribution in [3.63, 3.8) is 0 Å². The fraction of sp³-hybridized carbons (Fsp3) is 0.417. The van der Waals surface area contributed by atoms with Crippen molar-refractivity contribution in [3.05, 3.63) is 29.8 Å². The second-order valence-corrected chi connectivity index (χ2v) is 4.25. The van der Waals surface area contributed by atoms with Crippen LogP contribution in [0.3, 0.4) is 0 Å². The summed E-state index contributed by atoms with van der Waals surface area (Å²) in [5, 5.41) is 0. The van der Waals surface area contributed by atoms with Gasteiger partial charge in [0.25, 0.3) is 0 Å². The normalized spacial score (nSPS) is 16.9. The zero-order valence-electron chi connectivity index (χ0n) is 8.70. The van der Waals surface area contributed by atoms with Crippen LogP contribution >= 0.6 is 0 Å². The van der Waals surface area contributed by atoms with Gasteiger partial charge in [0.1, 0.15) is 11.6 Å². The van der Waals surface area contributed by atoms with Gasteiger partial charge in [-0.25, -0.2) is 9.37 Å². The summed E-state index contributed by atoms with van der Waals surface area (Å²) in [4.78, 5) is 4.40. The van der Waals surface area contributed by atoms with Gasteiger partial charge in [-0.05, 0) is 38.3 Å². The Bertz CT molecular complexity index is 512. The standard InChI is InChI=1S/C12H13FN2/c1-8-14-11-7-9(13)5-6-12(11)15(8)10-3-2-4-10/h5-7,10H,2-4H2,1H3. The third-order valence-electron chi connectivity index (χ3n) is 3.27.